The van der Waals surface area contributed by atoms with E-state index in [1.807, 2.05) is 72.8 Å². The van der Waals surface area contributed by atoms with Crippen LogP contribution in [0, 0.1) is 0 Å². The molecule has 0 heterocycles. The molecule has 0 N–H and O–H groups in total. The molecule has 0 aliphatic heterocycles. The zero-order valence-electron chi connectivity index (χ0n) is 31.4. The van der Waals surface area contributed by atoms with Crippen LogP contribution in [0.5, 0.6) is 11.5 Å². The lowest BCUT2D eigenvalue weighted by atomic mass is 10.1. The second-order valence-corrected chi connectivity index (χ2v) is 13.3. The van der Waals surface area contributed by atoms with Gasteiger partial charge in [0, 0.05) is 34.1 Å². The summed E-state index contributed by atoms with van der Waals surface area (Å²) in [5.74, 6) is 1.39. The molecular weight excluding hydrogens is 695 g/mol. The van der Waals surface area contributed by atoms with Crippen molar-refractivity contribution in [3.8, 4) is 11.5 Å². The molecule has 0 unspecified atom stereocenters. The summed E-state index contributed by atoms with van der Waals surface area (Å²) in [5.41, 5.74) is 11.1. The lowest BCUT2D eigenvalue weighted by Gasteiger charge is -2.25. The Balaban J connectivity index is 0.819. The molecule has 0 atom stereocenters. The molecule has 273 valence electrons. The van der Waals surface area contributed by atoms with Gasteiger partial charge in [-0.1, -0.05) is 146 Å². The van der Waals surface area contributed by atoms with E-state index in [0.29, 0.717) is 11.5 Å². The minimum Gasteiger partial charge on any atom is -0.526 e. The van der Waals surface area contributed by atoms with Crippen molar-refractivity contribution >= 4 is 66.1 Å². The van der Waals surface area contributed by atoms with Gasteiger partial charge >= 0.3 is 7.69 Å². The first-order valence-corrected chi connectivity index (χ1v) is 19.0. The molecular formula is C52H40BN2O2. The number of rotatable bonds is 14. The van der Waals surface area contributed by atoms with Gasteiger partial charge in [-0.15, -0.1) is 0 Å². The summed E-state index contributed by atoms with van der Waals surface area (Å²) in [7, 11) is 1.36. The number of benzene rings is 8. The maximum Gasteiger partial charge on any atom is 0.658 e. The quantitative estimate of drug-likeness (QED) is 0.0820. The molecule has 8 rings (SSSR count). The molecule has 8 aromatic carbocycles. The first-order valence-electron chi connectivity index (χ1n) is 19.0. The first-order chi connectivity index (χ1) is 28.2. The topological polar surface area (TPSA) is 24.9 Å². The van der Waals surface area contributed by atoms with E-state index in [1.54, 1.807) is 0 Å². The van der Waals surface area contributed by atoms with Crippen LogP contribution in [0.1, 0.15) is 22.3 Å². The van der Waals surface area contributed by atoms with E-state index in [9.17, 15) is 0 Å². The fraction of sp³-hybridized carbons (Fsp3) is 0. The SMILES string of the molecule is [B](Oc1ccc(/C=C/c2ccc(N(c3ccccc3)c3ccccc3)cc2)cc1)Oc1ccc(/C=C/c2ccc(N(c3ccccc3)c3ccccc3)cc2)cc1. The van der Waals surface area contributed by atoms with Gasteiger partial charge in [-0.3, -0.25) is 0 Å². The van der Waals surface area contributed by atoms with Crippen LogP contribution < -0.4 is 19.1 Å². The molecule has 0 aromatic heterocycles. The summed E-state index contributed by atoms with van der Waals surface area (Å²) in [6.07, 6.45) is 8.43. The highest BCUT2D eigenvalue weighted by molar-refractivity contribution is 6.20. The fourth-order valence-electron chi connectivity index (χ4n) is 6.51. The monoisotopic (exact) mass is 735 g/mol. The van der Waals surface area contributed by atoms with Crippen LogP contribution in [0.2, 0.25) is 0 Å². The van der Waals surface area contributed by atoms with Gasteiger partial charge in [-0.05, 0) is 119 Å². The van der Waals surface area contributed by atoms with Crippen molar-refractivity contribution in [3.05, 3.63) is 241 Å². The molecule has 0 spiro atoms. The zero-order valence-corrected chi connectivity index (χ0v) is 31.4. The molecule has 1 radical (unpaired) electrons. The van der Waals surface area contributed by atoms with Crippen LogP contribution in [0.15, 0.2) is 218 Å². The number of anilines is 6. The van der Waals surface area contributed by atoms with Gasteiger partial charge < -0.3 is 19.1 Å². The van der Waals surface area contributed by atoms with Crippen molar-refractivity contribution in [2.45, 2.75) is 0 Å². The highest BCUT2D eigenvalue weighted by Crippen LogP contribution is 2.35. The van der Waals surface area contributed by atoms with Crippen molar-refractivity contribution in [2.75, 3.05) is 9.80 Å². The number of hydrogen-bond acceptors (Lipinski definition) is 4. The van der Waals surface area contributed by atoms with Crippen molar-refractivity contribution < 1.29 is 9.31 Å². The number of hydrogen-bond donors (Lipinski definition) is 0. The Morgan fingerprint density at radius 2 is 0.491 bits per heavy atom. The Kier molecular flexibility index (Phi) is 11.7. The third kappa shape index (κ3) is 9.61. The smallest absolute Gasteiger partial charge is 0.526 e. The average Bonchev–Trinajstić information content (AvgIpc) is 3.28. The van der Waals surface area contributed by atoms with Crippen LogP contribution >= 0.6 is 0 Å². The van der Waals surface area contributed by atoms with Crippen molar-refractivity contribution in [1.82, 2.24) is 0 Å². The van der Waals surface area contributed by atoms with Crippen molar-refractivity contribution in [2.24, 2.45) is 0 Å². The normalized spacial score (nSPS) is 11.0. The van der Waals surface area contributed by atoms with Crippen LogP contribution in [-0.4, -0.2) is 7.69 Å². The third-order valence-electron chi connectivity index (χ3n) is 9.43. The Morgan fingerprint density at radius 1 is 0.263 bits per heavy atom. The molecule has 0 amide bonds. The van der Waals surface area contributed by atoms with Gasteiger partial charge in [0.2, 0.25) is 0 Å². The van der Waals surface area contributed by atoms with Crippen LogP contribution in [0.4, 0.5) is 34.1 Å². The predicted molar refractivity (Wildman–Crippen MR) is 240 cm³/mol. The molecule has 8 aromatic rings. The number of nitrogens with zero attached hydrogens (tertiary/aromatic N) is 2. The molecule has 0 bridgehead atoms. The summed E-state index contributed by atoms with van der Waals surface area (Å²) >= 11 is 0. The molecule has 57 heavy (non-hydrogen) atoms. The Bertz CT molecular complexity index is 2230. The van der Waals surface area contributed by atoms with E-state index < -0.39 is 0 Å². The lowest BCUT2D eigenvalue weighted by molar-refractivity contribution is 0.459. The van der Waals surface area contributed by atoms with Gasteiger partial charge in [0.1, 0.15) is 11.5 Å². The minimum absolute atomic E-state index is 0.694. The van der Waals surface area contributed by atoms with E-state index in [4.69, 9.17) is 9.31 Å². The average molecular weight is 736 g/mol. The highest BCUT2D eigenvalue weighted by Gasteiger charge is 2.13. The fourth-order valence-corrected chi connectivity index (χ4v) is 6.51. The van der Waals surface area contributed by atoms with Gasteiger partial charge in [0.15, 0.2) is 0 Å². The molecule has 0 fully saturated rings. The third-order valence-corrected chi connectivity index (χ3v) is 9.43. The predicted octanol–water partition coefficient (Wildman–Crippen LogP) is 14.0. The van der Waals surface area contributed by atoms with E-state index in [-0.39, 0.29) is 0 Å². The summed E-state index contributed by atoms with van der Waals surface area (Å²) in [6, 6.07) is 74.7. The number of para-hydroxylation sites is 4. The molecule has 0 aliphatic carbocycles. The van der Waals surface area contributed by atoms with Crippen LogP contribution in [0.3, 0.4) is 0 Å². The van der Waals surface area contributed by atoms with Gasteiger partial charge in [0.25, 0.3) is 0 Å². The lowest BCUT2D eigenvalue weighted by Crippen LogP contribution is -2.10. The Labute approximate surface area is 336 Å². The maximum absolute atomic E-state index is 5.76. The largest absolute Gasteiger partial charge is 0.658 e. The van der Waals surface area contributed by atoms with Gasteiger partial charge in [-0.25, -0.2) is 0 Å². The maximum atomic E-state index is 5.76. The standard InChI is InChI=1S/C52H40BN2O2/c1-5-13-45(14-6-1)54(46-15-7-2-8-16-46)49-33-25-41(26-34-49)21-23-43-29-37-51(38-30-43)56-53-57-52-39-31-44(32-40-52)24-22-42-27-35-50(36-28-42)55(47-17-9-3-10-18-47)48-19-11-4-12-20-48/h1-40H/b23-21+,24-22+. The van der Waals surface area contributed by atoms with Crippen LogP contribution in [-0.2, 0) is 0 Å². The summed E-state index contributed by atoms with van der Waals surface area (Å²) in [4.78, 5) is 4.52. The molecule has 0 saturated carbocycles. The van der Waals surface area contributed by atoms with E-state index in [2.05, 4.69) is 180 Å². The van der Waals surface area contributed by atoms with Gasteiger partial charge in [0.05, 0.1) is 0 Å². The van der Waals surface area contributed by atoms with E-state index in [0.717, 1.165) is 56.4 Å². The molecule has 5 heteroatoms. The molecule has 0 aliphatic rings. The summed E-state index contributed by atoms with van der Waals surface area (Å²) in [6.45, 7) is 0. The highest BCUT2D eigenvalue weighted by atomic mass is 16.6. The van der Waals surface area contributed by atoms with Gasteiger partial charge in [-0.2, -0.15) is 0 Å². The second kappa shape index (κ2) is 18.2. The minimum atomic E-state index is 0.694. The van der Waals surface area contributed by atoms with E-state index in [1.165, 1.54) is 7.69 Å². The Morgan fingerprint density at radius 3 is 0.754 bits per heavy atom. The molecule has 4 nitrogen and oxygen atoms in total. The zero-order chi connectivity index (χ0) is 38.5. The first kappa shape index (κ1) is 36.5. The second-order valence-electron chi connectivity index (χ2n) is 13.3. The van der Waals surface area contributed by atoms with E-state index >= 15 is 0 Å². The van der Waals surface area contributed by atoms with Crippen LogP contribution in [0.25, 0.3) is 24.3 Å². The Hall–Kier alpha value is -7.50. The summed E-state index contributed by atoms with van der Waals surface area (Å²) < 4.78 is 11.5. The summed E-state index contributed by atoms with van der Waals surface area (Å²) in [5, 5.41) is 0. The van der Waals surface area contributed by atoms with Crippen molar-refractivity contribution in [1.29, 1.82) is 0 Å². The molecule has 0 saturated heterocycles. The van der Waals surface area contributed by atoms with Crippen molar-refractivity contribution in [3.63, 3.8) is 0 Å².